The van der Waals surface area contributed by atoms with Crippen LogP contribution in [0.25, 0.3) is 11.5 Å². The van der Waals surface area contributed by atoms with Crippen LogP contribution in [0.1, 0.15) is 18.4 Å². The highest BCUT2D eigenvalue weighted by Crippen LogP contribution is 2.36. The highest BCUT2D eigenvalue weighted by atomic mass is 32.2. The van der Waals surface area contributed by atoms with Crippen LogP contribution in [0.2, 0.25) is 0 Å². The van der Waals surface area contributed by atoms with Crippen molar-refractivity contribution in [2.45, 2.75) is 29.7 Å². The number of aryl methyl sites for hydroxylation is 1. The van der Waals surface area contributed by atoms with Crippen LogP contribution in [0.4, 0.5) is 10.3 Å². The van der Waals surface area contributed by atoms with Crippen molar-refractivity contribution in [2.75, 3.05) is 18.0 Å². The number of amides is 1. The van der Waals surface area contributed by atoms with E-state index in [4.69, 9.17) is 10.2 Å². The van der Waals surface area contributed by atoms with Gasteiger partial charge in [-0.25, -0.2) is 12.8 Å². The molecule has 9 heteroatoms. The molecule has 0 unspecified atom stereocenters. The average Bonchev–Trinajstić information content (AvgIpc) is 3.21. The molecule has 2 N–H and O–H groups in total. The first-order chi connectivity index (χ1) is 14.8. The molecule has 2 heterocycles. The molecule has 31 heavy (non-hydrogen) atoms. The molecule has 1 saturated heterocycles. The Morgan fingerprint density at radius 1 is 1.10 bits per heavy atom. The average molecular weight is 444 g/mol. The molecule has 1 amide bonds. The summed E-state index contributed by atoms with van der Waals surface area (Å²) in [6, 6.07) is 12.0. The van der Waals surface area contributed by atoms with E-state index in [-0.39, 0.29) is 33.5 Å². The summed E-state index contributed by atoms with van der Waals surface area (Å²) in [7, 11) is -4.07. The summed E-state index contributed by atoms with van der Waals surface area (Å²) in [5.41, 5.74) is 7.09. The van der Waals surface area contributed by atoms with Crippen molar-refractivity contribution in [3.8, 4) is 11.5 Å². The van der Waals surface area contributed by atoms with Gasteiger partial charge in [-0.2, -0.15) is 4.98 Å². The maximum absolute atomic E-state index is 13.3. The molecule has 4 rings (SSSR count). The summed E-state index contributed by atoms with van der Waals surface area (Å²) in [6.07, 6.45) is 0.984. The Hall–Kier alpha value is -3.20. The summed E-state index contributed by atoms with van der Waals surface area (Å²) in [4.78, 5) is 17.5. The van der Waals surface area contributed by atoms with Gasteiger partial charge >= 0.3 is 0 Å². The minimum absolute atomic E-state index is 0.0778. The zero-order valence-electron chi connectivity index (χ0n) is 16.9. The molecule has 1 aliphatic rings. The van der Waals surface area contributed by atoms with Crippen molar-refractivity contribution < 1.29 is 22.0 Å². The van der Waals surface area contributed by atoms with Crippen LogP contribution in [0.5, 0.6) is 0 Å². The number of carbonyl (C=O) groups excluding carboxylic acids is 1. The molecule has 1 aromatic heterocycles. The number of nitrogens with two attached hydrogens (primary N) is 1. The van der Waals surface area contributed by atoms with Crippen LogP contribution in [0.3, 0.4) is 0 Å². The second kappa shape index (κ2) is 8.14. The minimum atomic E-state index is -4.07. The lowest BCUT2D eigenvalue weighted by Gasteiger charge is -2.30. The van der Waals surface area contributed by atoms with Gasteiger partial charge in [-0.05, 0) is 56.2 Å². The molecule has 3 aromatic rings. The molecule has 0 atom stereocenters. The molecule has 0 bridgehead atoms. The van der Waals surface area contributed by atoms with E-state index < -0.39 is 15.7 Å². The predicted octanol–water partition coefficient (Wildman–Crippen LogP) is 3.32. The number of anilines is 1. The number of primary amides is 1. The summed E-state index contributed by atoms with van der Waals surface area (Å²) in [5, 5.41) is -0.229. The zero-order valence-corrected chi connectivity index (χ0v) is 17.7. The Morgan fingerprint density at radius 3 is 2.29 bits per heavy atom. The SMILES string of the molecule is Cc1ccc(-c2nc(S(=O)(=O)c3ccc(F)cc3)c(N3CCC(C(N)=O)CC3)o2)cc1. The van der Waals surface area contributed by atoms with Gasteiger partial charge in [0.1, 0.15) is 5.82 Å². The van der Waals surface area contributed by atoms with Crippen molar-refractivity contribution in [3.05, 3.63) is 59.9 Å². The number of sulfone groups is 1. The van der Waals surface area contributed by atoms with Gasteiger partial charge in [0.2, 0.25) is 32.5 Å². The zero-order chi connectivity index (χ0) is 22.2. The van der Waals surface area contributed by atoms with Gasteiger partial charge in [0.15, 0.2) is 0 Å². The number of hydrogen-bond donors (Lipinski definition) is 1. The molecule has 0 spiro atoms. The lowest BCUT2D eigenvalue weighted by atomic mass is 9.96. The topological polar surface area (TPSA) is 107 Å². The number of oxazole rings is 1. The lowest BCUT2D eigenvalue weighted by molar-refractivity contribution is -0.122. The number of nitrogens with zero attached hydrogens (tertiary/aromatic N) is 2. The number of carbonyl (C=O) groups is 1. The smallest absolute Gasteiger partial charge is 0.236 e. The predicted molar refractivity (Wildman–Crippen MR) is 113 cm³/mol. The molecule has 162 valence electrons. The molecule has 1 aliphatic heterocycles. The monoisotopic (exact) mass is 443 g/mol. The molecule has 7 nitrogen and oxygen atoms in total. The third-order valence-electron chi connectivity index (χ3n) is 5.44. The van der Waals surface area contributed by atoms with Crippen LogP contribution in [0.15, 0.2) is 62.9 Å². The highest BCUT2D eigenvalue weighted by molar-refractivity contribution is 7.91. The second-order valence-electron chi connectivity index (χ2n) is 7.62. The van der Waals surface area contributed by atoms with Crippen molar-refractivity contribution in [1.82, 2.24) is 4.98 Å². The van der Waals surface area contributed by atoms with Crippen LogP contribution < -0.4 is 10.6 Å². The van der Waals surface area contributed by atoms with Crippen LogP contribution in [0, 0.1) is 18.7 Å². The van der Waals surface area contributed by atoms with Crippen LogP contribution in [-0.2, 0) is 14.6 Å². The van der Waals surface area contributed by atoms with Crippen LogP contribution >= 0.6 is 0 Å². The summed E-state index contributed by atoms with van der Waals surface area (Å²) in [5.74, 6) is -0.867. The Balaban J connectivity index is 1.78. The van der Waals surface area contributed by atoms with E-state index in [1.807, 2.05) is 19.1 Å². The van der Waals surface area contributed by atoms with Crippen LogP contribution in [-0.4, -0.2) is 32.4 Å². The molecule has 0 saturated carbocycles. The number of benzene rings is 2. The van der Waals surface area contributed by atoms with Crippen molar-refractivity contribution in [3.63, 3.8) is 0 Å². The molecule has 2 aromatic carbocycles. The second-order valence-corrected chi connectivity index (χ2v) is 9.48. The number of hydrogen-bond acceptors (Lipinski definition) is 6. The van der Waals surface area contributed by atoms with Crippen molar-refractivity contribution in [1.29, 1.82) is 0 Å². The summed E-state index contributed by atoms with van der Waals surface area (Å²) < 4.78 is 46.0. The first-order valence-corrected chi connectivity index (χ1v) is 11.4. The highest BCUT2D eigenvalue weighted by Gasteiger charge is 2.34. The third-order valence-corrected chi connectivity index (χ3v) is 7.11. The Bertz CT molecular complexity index is 1200. The normalized spacial score (nSPS) is 15.2. The van der Waals surface area contributed by atoms with E-state index in [0.29, 0.717) is 31.5 Å². The number of aromatic nitrogens is 1. The molecule has 0 aliphatic carbocycles. The Labute approximate surface area is 179 Å². The van der Waals surface area contributed by atoms with E-state index >= 15 is 0 Å². The number of halogens is 1. The number of piperidine rings is 1. The van der Waals surface area contributed by atoms with Crippen molar-refractivity contribution >= 4 is 21.6 Å². The fourth-order valence-corrected chi connectivity index (χ4v) is 4.91. The largest absolute Gasteiger partial charge is 0.419 e. The quantitative estimate of drug-likeness (QED) is 0.606. The molecular formula is C22H22FN3O4S. The van der Waals surface area contributed by atoms with Gasteiger partial charge in [-0.1, -0.05) is 17.7 Å². The van der Waals surface area contributed by atoms with Crippen molar-refractivity contribution in [2.24, 2.45) is 11.7 Å². The van der Waals surface area contributed by atoms with Gasteiger partial charge in [-0.15, -0.1) is 0 Å². The molecule has 0 radical (unpaired) electrons. The summed E-state index contributed by atoms with van der Waals surface area (Å²) >= 11 is 0. The maximum atomic E-state index is 13.3. The Morgan fingerprint density at radius 2 is 1.71 bits per heavy atom. The summed E-state index contributed by atoms with van der Waals surface area (Å²) in [6.45, 7) is 2.75. The number of rotatable bonds is 5. The maximum Gasteiger partial charge on any atom is 0.236 e. The Kier molecular flexibility index (Phi) is 5.53. The van der Waals surface area contributed by atoms with Gasteiger partial charge in [0.25, 0.3) is 0 Å². The molecule has 1 fully saturated rings. The van der Waals surface area contributed by atoms with Gasteiger partial charge in [0, 0.05) is 24.6 Å². The first-order valence-electron chi connectivity index (χ1n) is 9.88. The van der Waals surface area contributed by atoms with Gasteiger partial charge < -0.3 is 15.1 Å². The minimum Gasteiger partial charge on any atom is -0.419 e. The van der Waals surface area contributed by atoms with E-state index in [2.05, 4.69) is 4.98 Å². The lowest BCUT2D eigenvalue weighted by Crippen LogP contribution is -2.38. The fraction of sp³-hybridized carbons (Fsp3) is 0.273. The first kappa shape index (κ1) is 21.0. The third kappa shape index (κ3) is 4.18. The van der Waals surface area contributed by atoms with E-state index in [9.17, 15) is 17.6 Å². The standard InChI is InChI=1S/C22H22FN3O4S/c1-14-2-4-16(5-3-14)20-25-21(31(28,29)18-8-6-17(23)7-9-18)22(30-20)26-12-10-15(11-13-26)19(24)27/h2-9,15H,10-13H2,1H3,(H2,24,27). The van der Waals surface area contributed by atoms with E-state index in [1.165, 1.54) is 12.1 Å². The molecular weight excluding hydrogens is 421 g/mol. The van der Waals surface area contributed by atoms with E-state index in [0.717, 1.165) is 17.7 Å². The van der Waals surface area contributed by atoms with Gasteiger partial charge in [-0.3, -0.25) is 4.79 Å². The fourth-order valence-electron chi connectivity index (χ4n) is 3.59. The van der Waals surface area contributed by atoms with Gasteiger partial charge in [0.05, 0.1) is 4.90 Å². The van der Waals surface area contributed by atoms with E-state index in [1.54, 1.807) is 17.0 Å².